The molecule has 0 spiro atoms. The molecule has 7 heteroatoms. The summed E-state index contributed by atoms with van der Waals surface area (Å²) < 4.78 is 5.54. The number of rotatable bonds is 4. The number of nitrogens with one attached hydrogen (secondary N) is 2. The monoisotopic (exact) mass is 363 g/mol. The number of hydrogen-bond acceptors (Lipinski definition) is 5. The van der Waals surface area contributed by atoms with E-state index in [1.54, 1.807) is 41.9 Å². The van der Waals surface area contributed by atoms with E-state index in [0.717, 1.165) is 5.39 Å². The zero-order valence-electron chi connectivity index (χ0n) is 13.4. The smallest absolute Gasteiger partial charge is 0.291 e. The first-order valence-electron chi connectivity index (χ1n) is 7.80. The Labute approximate surface area is 152 Å². The highest BCUT2D eigenvalue weighted by Crippen LogP contribution is 2.20. The first kappa shape index (κ1) is 16.0. The van der Waals surface area contributed by atoms with E-state index < -0.39 is 0 Å². The minimum Gasteiger partial charge on any atom is -0.451 e. The zero-order valence-corrected chi connectivity index (χ0v) is 14.2. The van der Waals surface area contributed by atoms with Crippen molar-refractivity contribution in [2.75, 3.05) is 10.6 Å². The molecule has 2 heterocycles. The summed E-state index contributed by atoms with van der Waals surface area (Å²) in [6, 6.07) is 15.7. The van der Waals surface area contributed by atoms with Gasteiger partial charge >= 0.3 is 0 Å². The van der Waals surface area contributed by atoms with E-state index in [-0.39, 0.29) is 17.6 Å². The number of amides is 2. The van der Waals surface area contributed by atoms with Gasteiger partial charge < -0.3 is 9.73 Å². The van der Waals surface area contributed by atoms with Crippen LogP contribution in [-0.4, -0.2) is 16.8 Å². The summed E-state index contributed by atoms with van der Waals surface area (Å²) >= 11 is 1.35. The highest BCUT2D eigenvalue weighted by atomic mass is 32.1. The van der Waals surface area contributed by atoms with Gasteiger partial charge in [0, 0.05) is 28.2 Å². The third-order valence-electron chi connectivity index (χ3n) is 3.71. The molecule has 0 unspecified atom stereocenters. The number of nitrogens with zero attached hydrogens (tertiary/aromatic N) is 1. The Morgan fingerprint density at radius 1 is 0.962 bits per heavy atom. The summed E-state index contributed by atoms with van der Waals surface area (Å²) in [5.74, 6) is -0.368. The van der Waals surface area contributed by atoms with Gasteiger partial charge in [0.05, 0.1) is 0 Å². The second kappa shape index (κ2) is 6.81. The van der Waals surface area contributed by atoms with Gasteiger partial charge in [0.15, 0.2) is 10.9 Å². The van der Waals surface area contributed by atoms with Gasteiger partial charge in [-0.25, -0.2) is 4.98 Å². The molecule has 2 aromatic carbocycles. The van der Waals surface area contributed by atoms with Crippen molar-refractivity contribution in [1.29, 1.82) is 0 Å². The Morgan fingerprint density at radius 3 is 2.50 bits per heavy atom. The number of thiazole rings is 1. The predicted molar refractivity (Wildman–Crippen MR) is 101 cm³/mol. The van der Waals surface area contributed by atoms with Crippen LogP contribution in [0.1, 0.15) is 20.9 Å². The Hall–Kier alpha value is -3.45. The fraction of sp³-hybridized carbons (Fsp3) is 0. The highest BCUT2D eigenvalue weighted by Gasteiger charge is 2.13. The normalized spacial score (nSPS) is 10.6. The second-order valence-corrected chi connectivity index (χ2v) is 6.37. The maximum Gasteiger partial charge on any atom is 0.291 e. The summed E-state index contributed by atoms with van der Waals surface area (Å²) in [6.45, 7) is 0. The van der Waals surface area contributed by atoms with Crippen molar-refractivity contribution in [3.63, 3.8) is 0 Å². The van der Waals surface area contributed by atoms with Gasteiger partial charge in [-0.3, -0.25) is 14.9 Å². The molecule has 6 nitrogen and oxygen atoms in total. The molecule has 0 atom stereocenters. The minimum absolute atomic E-state index is 0.233. The molecule has 4 rings (SSSR count). The molecule has 0 saturated heterocycles. The van der Waals surface area contributed by atoms with Crippen molar-refractivity contribution in [3.05, 3.63) is 77.5 Å². The molecule has 0 aliphatic heterocycles. The molecule has 0 bridgehead atoms. The van der Waals surface area contributed by atoms with Crippen LogP contribution in [-0.2, 0) is 0 Å². The van der Waals surface area contributed by atoms with E-state index in [2.05, 4.69) is 15.6 Å². The predicted octanol–water partition coefficient (Wildman–Crippen LogP) is 4.39. The number of benzene rings is 2. The lowest BCUT2D eigenvalue weighted by atomic mass is 10.2. The summed E-state index contributed by atoms with van der Waals surface area (Å²) in [5, 5.41) is 8.65. The standard InChI is InChI=1S/C19H13N3O3S/c23-17(22-19-20-9-10-26-19)12-5-7-14(8-6-12)21-18(24)16-11-13-3-1-2-4-15(13)25-16/h1-11H,(H,21,24)(H,20,22,23). The van der Waals surface area contributed by atoms with Crippen molar-refractivity contribution in [2.45, 2.75) is 0 Å². The van der Waals surface area contributed by atoms with Gasteiger partial charge in [0.2, 0.25) is 0 Å². The number of para-hydroxylation sites is 1. The van der Waals surface area contributed by atoms with Crippen LogP contribution in [0.3, 0.4) is 0 Å². The molecule has 0 radical (unpaired) electrons. The van der Waals surface area contributed by atoms with Crippen LogP contribution in [0.25, 0.3) is 11.0 Å². The van der Waals surface area contributed by atoms with Crippen LogP contribution in [0.5, 0.6) is 0 Å². The lowest BCUT2D eigenvalue weighted by Gasteiger charge is -2.05. The third-order valence-corrected chi connectivity index (χ3v) is 4.40. The maximum atomic E-state index is 12.3. The number of carbonyl (C=O) groups excluding carboxylic acids is 2. The topological polar surface area (TPSA) is 84.2 Å². The maximum absolute atomic E-state index is 12.3. The van der Waals surface area contributed by atoms with Gasteiger partial charge in [0.25, 0.3) is 11.8 Å². The Morgan fingerprint density at radius 2 is 1.77 bits per heavy atom. The van der Waals surface area contributed by atoms with Crippen LogP contribution in [0.15, 0.2) is 70.6 Å². The largest absolute Gasteiger partial charge is 0.451 e. The highest BCUT2D eigenvalue weighted by molar-refractivity contribution is 7.13. The second-order valence-electron chi connectivity index (χ2n) is 5.47. The van der Waals surface area contributed by atoms with E-state index >= 15 is 0 Å². The lowest BCUT2D eigenvalue weighted by Crippen LogP contribution is -2.13. The Bertz CT molecular complexity index is 1040. The lowest BCUT2D eigenvalue weighted by molar-refractivity contribution is 0.0997. The Kier molecular flexibility index (Phi) is 4.20. The first-order valence-corrected chi connectivity index (χ1v) is 8.68. The number of anilines is 2. The zero-order chi connectivity index (χ0) is 17.9. The molecule has 0 fully saturated rings. The first-order chi connectivity index (χ1) is 12.7. The molecule has 2 N–H and O–H groups in total. The SMILES string of the molecule is O=C(Nc1nccs1)c1ccc(NC(=O)c2cc3ccccc3o2)cc1. The number of furan rings is 1. The van der Waals surface area contributed by atoms with Crippen LogP contribution < -0.4 is 10.6 Å². The summed E-state index contributed by atoms with van der Waals surface area (Å²) in [4.78, 5) is 28.5. The van der Waals surface area contributed by atoms with Crippen molar-refractivity contribution in [3.8, 4) is 0 Å². The number of aromatic nitrogens is 1. The molecule has 0 saturated carbocycles. The molecule has 0 aliphatic rings. The van der Waals surface area contributed by atoms with E-state index in [9.17, 15) is 9.59 Å². The molecule has 26 heavy (non-hydrogen) atoms. The van der Waals surface area contributed by atoms with E-state index in [4.69, 9.17) is 4.42 Å². The number of fused-ring (bicyclic) bond motifs is 1. The summed E-state index contributed by atoms with van der Waals surface area (Å²) in [6.07, 6.45) is 1.62. The number of hydrogen-bond donors (Lipinski definition) is 2. The average Bonchev–Trinajstić information content (AvgIpc) is 3.31. The quantitative estimate of drug-likeness (QED) is 0.563. The third kappa shape index (κ3) is 3.33. The fourth-order valence-electron chi connectivity index (χ4n) is 2.45. The molecular formula is C19H13N3O3S. The molecule has 128 valence electrons. The van der Waals surface area contributed by atoms with Gasteiger partial charge in [-0.05, 0) is 36.4 Å². The van der Waals surface area contributed by atoms with E-state index in [1.165, 1.54) is 11.3 Å². The minimum atomic E-state index is -0.346. The van der Waals surface area contributed by atoms with Gasteiger partial charge in [0.1, 0.15) is 5.58 Å². The van der Waals surface area contributed by atoms with Crippen molar-refractivity contribution < 1.29 is 14.0 Å². The average molecular weight is 363 g/mol. The van der Waals surface area contributed by atoms with Crippen LogP contribution in [0, 0.1) is 0 Å². The van der Waals surface area contributed by atoms with Gasteiger partial charge in [-0.1, -0.05) is 18.2 Å². The van der Waals surface area contributed by atoms with Gasteiger partial charge in [-0.15, -0.1) is 11.3 Å². The van der Waals surface area contributed by atoms with Crippen LogP contribution in [0.4, 0.5) is 10.8 Å². The summed E-state index contributed by atoms with van der Waals surface area (Å²) in [7, 11) is 0. The fourth-order valence-corrected chi connectivity index (χ4v) is 2.97. The van der Waals surface area contributed by atoms with Crippen molar-refractivity contribution in [2.24, 2.45) is 0 Å². The molecule has 2 amide bonds. The van der Waals surface area contributed by atoms with E-state index in [0.29, 0.717) is 22.0 Å². The van der Waals surface area contributed by atoms with Gasteiger partial charge in [-0.2, -0.15) is 0 Å². The van der Waals surface area contributed by atoms with E-state index in [1.807, 2.05) is 24.3 Å². The number of carbonyl (C=O) groups is 2. The molecule has 0 aliphatic carbocycles. The molecule has 4 aromatic rings. The molecular weight excluding hydrogens is 350 g/mol. The van der Waals surface area contributed by atoms with Crippen molar-refractivity contribution >= 4 is 44.9 Å². The van der Waals surface area contributed by atoms with Crippen LogP contribution in [0.2, 0.25) is 0 Å². The molecule has 2 aromatic heterocycles. The Balaban J connectivity index is 1.45. The van der Waals surface area contributed by atoms with Crippen molar-refractivity contribution in [1.82, 2.24) is 4.98 Å². The van der Waals surface area contributed by atoms with Crippen LogP contribution >= 0.6 is 11.3 Å². The summed E-state index contributed by atoms with van der Waals surface area (Å²) in [5.41, 5.74) is 1.70.